The molecule has 1 saturated heterocycles. The second-order valence-electron chi connectivity index (χ2n) is 6.72. The van der Waals surface area contributed by atoms with E-state index in [1.807, 2.05) is 6.07 Å². The first-order chi connectivity index (χ1) is 10.6. The number of rotatable bonds is 3. The van der Waals surface area contributed by atoms with E-state index in [1.165, 1.54) is 37.8 Å². The van der Waals surface area contributed by atoms with Gasteiger partial charge in [-0.1, -0.05) is 19.3 Å². The first-order valence-electron chi connectivity index (χ1n) is 8.40. The normalized spacial score (nSPS) is 26.3. The number of carbonyl (C=O) groups excluding carboxylic acids is 1. The van der Waals surface area contributed by atoms with Crippen LogP contribution in [0, 0.1) is 13.8 Å². The molecule has 2 aliphatic rings. The van der Waals surface area contributed by atoms with Gasteiger partial charge in [0.05, 0.1) is 5.56 Å². The van der Waals surface area contributed by atoms with Crippen LogP contribution in [-0.2, 0) is 10.8 Å². The van der Waals surface area contributed by atoms with E-state index in [2.05, 4.69) is 23.7 Å². The number of aryl methyl sites for hydroxylation is 1. The van der Waals surface area contributed by atoms with Crippen LogP contribution in [0.15, 0.2) is 6.07 Å². The SMILES string of the molecule is Cc1cc(C(=O)N[C@H]2CC[S@@](=O)C2)c(C)n1C1CCCCC1. The zero-order valence-electron chi connectivity index (χ0n) is 13.6. The van der Waals surface area contributed by atoms with Gasteiger partial charge in [-0.25, -0.2) is 0 Å². The highest BCUT2D eigenvalue weighted by molar-refractivity contribution is 7.85. The molecule has 5 heteroatoms. The molecular formula is C17H26N2O2S. The monoisotopic (exact) mass is 322 g/mol. The van der Waals surface area contributed by atoms with Crippen molar-refractivity contribution in [2.75, 3.05) is 11.5 Å². The summed E-state index contributed by atoms with van der Waals surface area (Å²) in [6, 6.07) is 2.64. The van der Waals surface area contributed by atoms with Crippen LogP contribution in [0.1, 0.15) is 66.3 Å². The highest BCUT2D eigenvalue weighted by Crippen LogP contribution is 2.32. The summed E-state index contributed by atoms with van der Waals surface area (Å²) in [5.41, 5.74) is 3.06. The lowest BCUT2D eigenvalue weighted by Gasteiger charge is -2.26. The Morgan fingerprint density at radius 1 is 1.23 bits per heavy atom. The summed E-state index contributed by atoms with van der Waals surface area (Å²) in [6.07, 6.45) is 7.19. The van der Waals surface area contributed by atoms with E-state index >= 15 is 0 Å². The average Bonchev–Trinajstić information content (AvgIpc) is 3.03. The smallest absolute Gasteiger partial charge is 0.253 e. The maximum atomic E-state index is 12.6. The predicted molar refractivity (Wildman–Crippen MR) is 89.8 cm³/mol. The Hall–Kier alpha value is -1.10. The molecule has 22 heavy (non-hydrogen) atoms. The summed E-state index contributed by atoms with van der Waals surface area (Å²) in [7, 11) is -0.754. The predicted octanol–water partition coefficient (Wildman–Crippen LogP) is 2.86. The molecule has 0 bridgehead atoms. The van der Waals surface area contributed by atoms with E-state index in [4.69, 9.17) is 0 Å². The van der Waals surface area contributed by atoms with Crippen LogP contribution < -0.4 is 5.32 Å². The summed E-state index contributed by atoms with van der Waals surface area (Å²) in [6.45, 7) is 4.16. The largest absolute Gasteiger partial charge is 0.348 e. The van der Waals surface area contributed by atoms with E-state index in [0.717, 1.165) is 17.7 Å². The average molecular weight is 322 g/mol. The molecule has 1 aliphatic carbocycles. The zero-order valence-corrected chi connectivity index (χ0v) is 14.4. The second kappa shape index (κ2) is 6.57. The highest BCUT2D eigenvalue weighted by atomic mass is 32.2. The van der Waals surface area contributed by atoms with Crippen molar-refractivity contribution in [2.24, 2.45) is 0 Å². The molecule has 2 atom stereocenters. The number of amides is 1. The van der Waals surface area contributed by atoms with Crippen LogP contribution in [0.25, 0.3) is 0 Å². The topological polar surface area (TPSA) is 51.1 Å². The van der Waals surface area contributed by atoms with Gasteiger partial charge in [0.25, 0.3) is 5.91 Å². The molecule has 122 valence electrons. The van der Waals surface area contributed by atoms with Gasteiger partial charge in [-0.15, -0.1) is 0 Å². The number of aromatic nitrogens is 1. The van der Waals surface area contributed by atoms with Crippen LogP contribution in [-0.4, -0.2) is 32.2 Å². The third-order valence-corrected chi connectivity index (χ3v) is 6.55. The molecule has 1 amide bonds. The molecule has 1 aromatic rings. The summed E-state index contributed by atoms with van der Waals surface area (Å²) in [5.74, 6) is 1.32. The Bertz CT molecular complexity index is 588. The van der Waals surface area contributed by atoms with Crippen LogP contribution >= 0.6 is 0 Å². The lowest BCUT2D eigenvalue weighted by Crippen LogP contribution is -2.35. The Kier molecular flexibility index (Phi) is 4.71. The van der Waals surface area contributed by atoms with E-state index in [-0.39, 0.29) is 11.9 Å². The van der Waals surface area contributed by atoms with Crippen molar-refractivity contribution in [2.45, 2.75) is 64.5 Å². The third-order valence-electron chi connectivity index (χ3n) is 5.09. The van der Waals surface area contributed by atoms with Gasteiger partial charge in [0.15, 0.2) is 0 Å². The minimum Gasteiger partial charge on any atom is -0.348 e. The van der Waals surface area contributed by atoms with Crippen LogP contribution in [0.3, 0.4) is 0 Å². The molecule has 0 radical (unpaired) electrons. The quantitative estimate of drug-likeness (QED) is 0.930. The van der Waals surface area contributed by atoms with E-state index in [9.17, 15) is 9.00 Å². The number of hydrogen-bond donors (Lipinski definition) is 1. The highest BCUT2D eigenvalue weighted by Gasteiger charge is 2.26. The van der Waals surface area contributed by atoms with Gasteiger partial charge >= 0.3 is 0 Å². The fourth-order valence-corrected chi connectivity index (χ4v) is 5.36. The van der Waals surface area contributed by atoms with E-state index in [1.54, 1.807) is 0 Å². The fourth-order valence-electron chi connectivity index (χ4n) is 3.95. The number of nitrogens with one attached hydrogen (secondary N) is 1. The molecule has 1 saturated carbocycles. The van der Waals surface area contributed by atoms with Crippen molar-refractivity contribution in [3.05, 3.63) is 23.0 Å². The molecule has 2 fully saturated rings. The zero-order chi connectivity index (χ0) is 15.7. The summed E-state index contributed by atoms with van der Waals surface area (Å²) in [4.78, 5) is 12.6. The van der Waals surface area contributed by atoms with Crippen LogP contribution in [0.4, 0.5) is 0 Å². The molecule has 4 nitrogen and oxygen atoms in total. The lowest BCUT2D eigenvalue weighted by atomic mass is 9.95. The molecule has 2 heterocycles. The molecule has 0 spiro atoms. The standard InChI is InChI=1S/C17H26N2O2S/c1-12-10-16(17(20)18-14-8-9-22(21)11-14)13(2)19(12)15-6-4-3-5-7-15/h10,14-15H,3-9,11H2,1-2H3,(H,18,20)/t14-,22+/m0/s1. The minimum absolute atomic E-state index is 0.000871. The second-order valence-corrected chi connectivity index (χ2v) is 8.34. The van der Waals surface area contributed by atoms with Gasteiger partial charge in [-0.3, -0.25) is 9.00 Å². The fraction of sp³-hybridized carbons (Fsp3) is 0.706. The van der Waals surface area contributed by atoms with Gasteiger partial charge in [-0.2, -0.15) is 0 Å². The maximum absolute atomic E-state index is 12.6. The van der Waals surface area contributed by atoms with Crippen molar-refractivity contribution in [3.63, 3.8) is 0 Å². The maximum Gasteiger partial charge on any atom is 0.253 e. The van der Waals surface area contributed by atoms with Gasteiger partial charge < -0.3 is 9.88 Å². The summed E-state index contributed by atoms with van der Waals surface area (Å²) >= 11 is 0. The van der Waals surface area contributed by atoms with Crippen LogP contribution in [0.2, 0.25) is 0 Å². The number of carbonyl (C=O) groups is 1. The summed E-state index contributed by atoms with van der Waals surface area (Å²) < 4.78 is 13.8. The molecule has 3 rings (SSSR count). The van der Waals surface area contributed by atoms with Crippen molar-refractivity contribution < 1.29 is 9.00 Å². The first-order valence-corrected chi connectivity index (χ1v) is 9.89. The van der Waals surface area contributed by atoms with Gasteiger partial charge in [0, 0.05) is 45.8 Å². The minimum atomic E-state index is -0.754. The molecular weight excluding hydrogens is 296 g/mol. The Labute approximate surface area is 135 Å². The van der Waals surface area contributed by atoms with E-state index < -0.39 is 10.8 Å². The van der Waals surface area contributed by atoms with Crippen LogP contribution in [0.5, 0.6) is 0 Å². The first kappa shape index (κ1) is 15.8. The van der Waals surface area contributed by atoms with Crippen molar-refractivity contribution in [1.82, 2.24) is 9.88 Å². The Morgan fingerprint density at radius 2 is 1.95 bits per heavy atom. The third kappa shape index (κ3) is 3.14. The summed E-state index contributed by atoms with van der Waals surface area (Å²) in [5, 5.41) is 3.06. The van der Waals surface area contributed by atoms with Gasteiger partial charge in [0.1, 0.15) is 0 Å². The van der Waals surface area contributed by atoms with Crippen molar-refractivity contribution in [3.8, 4) is 0 Å². The Morgan fingerprint density at radius 3 is 2.59 bits per heavy atom. The van der Waals surface area contributed by atoms with Crippen molar-refractivity contribution >= 4 is 16.7 Å². The van der Waals surface area contributed by atoms with E-state index in [0.29, 0.717) is 17.5 Å². The molecule has 1 aliphatic heterocycles. The van der Waals surface area contributed by atoms with Gasteiger partial charge in [-0.05, 0) is 39.2 Å². The Balaban J connectivity index is 1.76. The number of nitrogens with zero attached hydrogens (tertiary/aromatic N) is 1. The lowest BCUT2D eigenvalue weighted by molar-refractivity contribution is 0.0940. The molecule has 0 unspecified atom stereocenters. The number of hydrogen-bond acceptors (Lipinski definition) is 2. The molecule has 1 N–H and O–H groups in total. The van der Waals surface area contributed by atoms with Gasteiger partial charge in [0.2, 0.25) is 0 Å². The molecule has 1 aromatic heterocycles. The van der Waals surface area contributed by atoms with Crippen molar-refractivity contribution in [1.29, 1.82) is 0 Å². The molecule has 0 aromatic carbocycles.